The van der Waals surface area contributed by atoms with Crippen LogP contribution in [0.15, 0.2) is 24.3 Å². The Labute approximate surface area is 108 Å². The van der Waals surface area contributed by atoms with E-state index in [9.17, 15) is 13.2 Å². The largest absolute Gasteiger partial charge is 0.497 e. The smallest absolute Gasteiger partial charge is 0.177 e. The van der Waals surface area contributed by atoms with Gasteiger partial charge in [0.25, 0.3) is 0 Å². The molecule has 0 aliphatic rings. The van der Waals surface area contributed by atoms with Crippen molar-refractivity contribution >= 4 is 15.6 Å². The first-order valence-electron chi connectivity index (χ1n) is 5.86. The summed E-state index contributed by atoms with van der Waals surface area (Å²) in [5.74, 6) is -0.0702. The molecule has 0 aliphatic carbocycles. The van der Waals surface area contributed by atoms with Gasteiger partial charge in [-0.2, -0.15) is 0 Å². The molecule has 1 aromatic carbocycles. The number of rotatable bonds is 7. The second-order valence-corrected chi connectivity index (χ2v) is 6.28. The summed E-state index contributed by atoms with van der Waals surface area (Å²) in [6.45, 7) is 1.92. The highest BCUT2D eigenvalue weighted by molar-refractivity contribution is 7.92. The molecule has 0 heterocycles. The van der Waals surface area contributed by atoms with Crippen LogP contribution in [0.1, 0.15) is 30.1 Å². The van der Waals surface area contributed by atoms with Crippen LogP contribution in [0.4, 0.5) is 0 Å². The summed E-state index contributed by atoms with van der Waals surface area (Å²) in [5.41, 5.74) is 0.399. The van der Waals surface area contributed by atoms with Crippen molar-refractivity contribution in [3.8, 4) is 5.75 Å². The maximum Gasteiger partial charge on any atom is 0.177 e. The van der Waals surface area contributed by atoms with Crippen molar-refractivity contribution in [2.24, 2.45) is 0 Å². The molecule has 0 amide bonds. The number of ether oxygens (including phenoxy) is 1. The fourth-order valence-corrected chi connectivity index (χ4v) is 2.94. The average Bonchev–Trinajstić information content (AvgIpc) is 2.36. The van der Waals surface area contributed by atoms with E-state index in [-0.39, 0.29) is 11.5 Å². The molecular weight excluding hydrogens is 252 g/mol. The van der Waals surface area contributed by atoms with Crippen molar-refractivity contribution in [2.75, 3.05) is 18.6 Å². The predicted molar refractivity (Wildman–Crippen MR) is 70.9 cm³/mol. The number of Topliss-reactive ketones (excluding diaryl/α,β-unsaturated/α-hetero) is 1. The maximum atomic E-state index is 11.8. The first kappa shape index (κ1) is 14.7. The number of carbonyl (C=O) groups excluding carboxylic acids is 1. The number of methoxy groups -OCH3 is 1. The Morgan fingerprint density at radius 1 is 1.22 bits per heavy atom. The van der Waals surface area contributed by atoms with E-state index in [1.54, 1.807) is 24.3 Å². The Morgan fingerprint density at radius 2 is 1.83 bits per heavy atom. The summed E-state index contributed by atoms with van der Waals surface area (Å²) < 4.78 is 28.3. The molecule has 0 spiro atoms. The molecule has 5 heteroatoms. The molecule has 0 saturated carbocycles. The van der Waals surface area contributed by atoms with E-state index < -0.39 is 15.6 Å². The fourth-order valence-electron chi connectivity index (χ4n) is 1.50. The number of unbranched alkanes of at least 4 members (excludes halogenated alkanes) is 1. The Hall–Kier alpha value is -1.36. The van der Waals surface area contributed by atoms with Crippen LogP contribution >= 0.6 is 0 Å². The Balaban J connectivity index is 2.70. The van der Waals surface area contributed by atoms with Crippen molar-refractivity contribution in [1.29, 1.82) is 0 Å². The van der Waals surface area contributed by atoms with Crippen molar-refractivity contribution in [1.82, 2.24) is 0 Å². The lowest BCUT2D eigenvalue weighted by Crippen LogP contribution is -2.19. The van der Waals surface area contributed by atoms with Gasteiger partial charge in [-0.1, -0.05) is 13.3 Å². The summed E-state index contributed by atoms with van der Waals surface area (Å²) in [6, 6.07) is 6.45. The third-order valence-corrected chi connectivity index (χ3v) is 4.18. The molecular formula is C13H18O4S. The molecule has 0 radical (unpaired) electrons. The third kappa shape index (κ3) is 4.49. The normalized spacial score (nSPS) is 11.2. The number of hydrogen-bond acceptors (Lipinski definition) is 4. The minimum Gasteiger partial charge on any atom is -0.497 e. The Kier molecular flexibility index (Phi) is 5.34. The first-order valence-corrected chi connectivity index (χ1v) is 7.68. The van der Waals surface area contributed by atoms with Crippen LogP contribution in [0.3, 0.4) is 0 Å². The molecule has 0 aromatic heterocycles. The molecule has 100 valence electrons. The highest BCUT2D eigenvalue weighted by Crippen LogP contribution is 2.12. The Morgan fingerprint density at radius 3 is 2.33 bits per heavy atom. The quantitative estimate of drug-likeness (QED) is 0.712. The monoisotopic (exact) mass is 270 g/mol. The van der Waals surface area contributed by atoms with Crippen molar-refractivity contribution in [2.45, 2.75) is 19.8 Å². The zero-order chi connectivity index (χ0) is 13.6. The van der Waals surface area contributed by atoms with Gasteiger partial charge in [0.05, 0.1) is 12.9 Å². The van der Waals surface area contributed by atoms with E-state index >= 15 is 0 Å². The number of benzene rings is 1. The highest BCUT2D eigenvalue weighted by atomic mass is 32.2. The fraction of sp³-hybridized carbons (Fsp3) is 0.462. The lowest BCUT2D eigenvalue weighted by Gasteiger charge is -2.04. The van der Waals surface area contributed by atoms with Gasteiger partial charge in [-0.3, -0.25) is 4.79 Å². The topological polar surface area (TPSA) is 60.4 Å². The van der Waals surface area contributed by atoms with Crippen LogP contribution in [0, 0.1) is 0 Å². The van der Waals surface area contributed by atoms with Gasteiger partial charge in [0.1, 0.15) is 11.5 Å². The van der Waals surface area contributed by atoms with E-state index in [4.69, 9.17) is 4.74 Å². The van der Waals surface area contributed by atoms with Crippen LogP contribution in [0.5, 0.6) is 5.75 Å². The van der Waals surface area contributed by atoms with Crippen LogP contribution in [-0.4, -0.2) is 32.8 Å². The maximum absolute atomic E-state index is 11.8. The standard InChI is InChI=1S/C13H18O4S/c1-3-4-9-18(15,16)10-13(14)11-5-7-12(17-2)8-6-11/h5-8H,3-4,9-10H2,1-2H3. The molecule has 0 bridgehead atoms. The second kappa shape index (κ2) is 6.54. The van der Waals surface area contributed by atoms with Crippen LogP contribution in [0.25, 0.3) is 0 Å². The predicted octanol–water partition coefficient (Wildman–Crippen LogP) is 2.09. The van der Waals surface area contributed by atoms with Gasteiger partial charge in [0, 0.05) is 5.56 Å². The van der Waals surface area contributed by atoms with E-state index in [1.165, 1.54) is 7.11 Å². The zero-order valence-corrected chi connectivity index (χ0v) is 11.5. The van der Waals surface area contributed by atoms with Gasteiger partial charge in [0.15, 0.2) is 15.6 Å². The summed E-state index contributed by atoms with van der Waals surface area (Å²) in [6.07, 6.45) is 1.40. The lowest BCUT2D eigenvalue weighted by molar-refractivity contribution is 0.102. The molecule has 4 nitrogen and oxygen atoms in total. The molecule has 0 atom stereocenters. The SMILES string of the molecule is CCCCS(=O)(=O)CC(=O)c1ccc(OC)cc1. The third-order valence-electron chi connectivity index (χ3n) is 2.57. The molecule has 0 fully saturated rings. The van der Waals surface area contributed by atoms with Crippen LogP contribution in [0.2, 0.25) is 0 Å². The van der Waals surface area contributed by atoms with Crippen molar-refractivity contribution in [3.63, 3.8) is 0 Å². The van der Waals surface area contributed by atoms with E-state index in [2.05, 4.69) is 0 Å². The summed E-state index contributed by atoms with van der Waals surface area (Å²) in [7, 11) is -1.75. The van der Waals surface area contributed by atoms with Gasteiger partial charge in [-0.15, -0.1) is 0 Å². The highest BCUT2D eigenvalue weighted by Gasteiger charge is 2.17. The number of hydrogen-bond donors (Lipinski definition) is 0. The second-order valence-electron chi connectivity index (χ2n) is 4.10. The molecule has 1 rings (SSSR count). The van der Waals surface area contributed by atoms with Crippen molar-refractivity contribution in [3.05, 3.63) is 29.8 Å². The van der Waals surface area contributed by atoms with Gasteiger partial charge in [0.2, 0.25) is 0 Å². The molecule has 18 heavy (non-hydrogen) atoms. The minimum atomic E-state index is -3.29. The molecule has 1 aromatic rings. The van der Waals surface area contributed by atoms with E-state index in [0.29, 0.717) is 17.7 Å². The van der Waals surface area contributed by atoms with Crippen LogP contribution in [-0.2, 0) is 9.84 Å². The molecule has 0 N–H and O–H groups in total. The van der Waals surface area contributed by atoms with E-state index in [1.807, 2.05) is 6.92 Å². The van der Waals surface area contributed by atoms with Crippen LogP contribution < -0.4 is 4.74 Å². The summed E-state index contributed by atoms with van der Waals surface area (Å²) in [4.78, 5) is 11.8. The number of sulfone groups is 1. The summed E-state index contributed by atoms with van der Waals surface area (Å²) in [5, 5.41) is 0. The molecule has 0 aliphatic heterocycles. The summed E-state index contributed by atoms with van der Waals surface area (Å²) >= 11 is 0. The number of ketones is 1. The first-order chi connectivity index (χ1) is 8.48. The van der Waals surface area contributed by atoms with E-state index in [0.717, 1.165) is 6.42 Å². The zero-order valence-electron chi connectivity index (χ0n) is 10.7. The van der Waals surface area contributed by atoms with Gasteiger partial charge in [-0.25, -0.2) is 8.42 Å². The van der Waals surface area contributed by atoms with Gasteiger partial charge in [-0.05, 0) is 30.7 Å². The van der Waals surface area contributed by atoms with Gasteiger partial charge < -0.3 is 4.74 Å². The Bertz CT molecular complexity index is 488. The lowest BCUT2D eigenvalue weighted by atomic mass is 10.1. The average molecular weight is 270 g/mol. The minimum absolute atomic E-state index is 0.0748. The molecule has 0 saturated heterocycles. The van der Waals surface area contributed by atoms with Gasteiger partial charge >= 0.3 is 0 Å². The van der Waals surface area contributed by atoms with Crippen molar-refractivity contribution < 1.29 is 17.9 Å². The number of carbonyl (C=O) groups is 1. The molecule has 0 unspecified atom stereocenters.